The minimum absolute atomic E-state index is 0.108. The first kappa shape index (κ1) is 11.5. The molecule has 0 heterocycles. The van der Waals surface area contributed by atoms with Crippen LogP contribution in [-0.4, -0.2) is 37.7 Å². The van der Waals surface area contributed by atoms with E-state index in [1.165, 1.54) is 0 Å². The zero-order valence-electron chi connectivity index (χ0n) is 6.69. The van der Waals surface area contributed by atoms with Crippen molar-refractivity contribution in [3.63, 3.8) is 0 Å². The summed E-state index contributed by atoms with van der Waals surface area (Å²) in [6, 6.07) is 0. The summed E-state index contributed by atoms with van der Waals surface area (Å²) in [6.07, 6.45) is 0.108. The van der Waals surface area contributed by atoms with Crippen LogP contribution >= 0.6 is 23.2 Å². The van der Waals surface area contributed by atoms with E-state index in [4.69, 9.17) is 32.7 Å². The van der Waals surface area contributed by atoms with Crippen LogP contribution in [0.15, 0.2) is 0 Å². The Hall–Kier alpha value is 0.500. The lowest BCUT2D eigenvalue weighted by molar-refractivity contribution is 0.0249. The molecule has 0 aliphatic carbocycles. The first-order valence-electron chi connectivity index (χ1n) is 3.62. The maximum atomic E-state index is 5.51. The Labute approximate surface area is 77.8 Å². The summed E-state index contributed by atoms with van der Waals surface area (Å²) in [7, 11) is 0. The molecule has 68 valence electrons. The van der Waals surface area contributed by atoms with Gasteiger partial charge in [-0.25, -0.2) is 0 Å². The molecular formula is C7H14Cl2O2. The number of hydrogen-bond donors (Lipinski definition) is 0. The van der Waals surface area contributed by atoms with Gasteiger partial charge in [-0.15, -0.1) is 23.2 Å². The smallest absolute Gasteiger partial charge is 0.0704 e. The van der Waals surface area contributed by atoms with Crippen LogP contribution in [0.1, 0.15) is 6.92 Å². The average Bonchev–Trinajstić information content (AvgIpc) is 2.04. The molecule has 0 saturated carbocycles. The monoisotopic (exact) mass is 200 g/mol. The van der Waals surface area contributed by atoms with Gasteiger partial charge < -0.3 is 9.47 Å². The van der Waals surface area contributed by atoms with E-state index < -0.39 is 0 Å². The van der Waals surface area contributed by atoms with Crippen LogP contribution < -0.4 is 0 Å². The Morgan fingerprint density at radius 3 is 2.45 bits per heavy atom. The van der Waals surface area contributed by atoms with Crippen molar-refractivity contribution in [3.05, 3.63) is 0 Å². The third kappa shape index (κ3) is 8.41. The van der Waals surface area contributed by atoms with Gasteiger partial charge >= 0.3 is 0 Å². The van der Waals surface area contributed by atoms with Gasteiger partial charge in [0.25, 0.3) is 0 Å². The Morgan fingerprint density at radius 1 is 1.18 bits per heavy atom. The minimum Gasteiger partial charge on any atom is -0.378 e. The second kappa shape index (κ2) is 8.60. The zero-order chi connectivity index (χ0) is 8.53. The molecule has 0 radical (unpaired) electrons. The van der Waals surface area contributed by atoms with Crippen LogP contribution in [0.5, 0.6) is 0 Å². The van der Waals surface area contributed by atoms with Crippen LogP contribution in [0.3, 0.4) is 0 Å². The fourth-order valence-corrected chi connectivity index (χ4v) is 0.708. The van der Waals surface area contributed by atoms with Crippen LogP contribution in [0.2, 0.25) is 0 Å². The van der Waals surface area contributed by atoms with Crippen molar-refractivity contribution in [2.45, 2.75) is 13.0 Å². The highest BCUT2D eigenvalue weighted by atomic mass is 35.5. The molecule has 4 heteroatoms. The van der Waals surface area contributed by atoms with E-state index in [0.29, 0.717) is 31.6 Å². The molecule has 11 heavy (non-hydrogen) atoms. The molecule has 0 fully saturated rings. The van der Waals surface area contributed by atoms with Gasteiger partial charge in [0.05, 0.1) is 25.9 Å². The molecule has 0 saturated heterocycles. The molecule has 2 nitrogen and oxygen atoms in total. The molecule has 0 aromatic rings. The molecular weight excluding hydrogens is 187 g/mol. The Kier molecular flexibility index (Phi) is 8.99. The van der Waals surface area contributed by atoms with Crippen molar-refractivity contribution >= 4 is 23.2 Å². The van der Waals surface area contributed by atoms with E-state index in [0.717, 1.165) is 0 Å². The number of hydrogen-bond acceptors (Lipinski definition) is 2. The van der Waals surface area contributed by atoms with E-state index in [2.05, 4.69) is 0 Å². The van der Waals surface area contributed by atoms with Crippen molar-refractivity contribution in [3.8, 4) is 0 Å². The van der Waals surface area contributed by atoms with Crippen LogP contribution in [-0.2, 0) is 9.47 Å². The maximum absolute atomic E-state index is 5.51. The summed E-state index contributed by atoms with van der Waals surface area (Å²) in [6.45, 7) is 3.69. The Balaban J connectivity index is 2.89. The topological polar surface area (TPSA) is 18.5 Å². The van der Waals surface area contributed by atoms with Crippen LogP contribution in [0.25, 0.3) is 0 Å². The van der Waals surface area contributed by atoms with Crippen molar-refractivity contribution in [2.75, 3.05) is 31.6 Å². The predicted molar refractivity (Wildman–Crippen MR) is 47.7 cm³/mol. The summed E-state index contributed by atoms with van der Waals surface area (Å²) in [4.78, 5) is 0. The molecule has 1 atom stereocenters. The van der Waals surface area contributed by atoms with E-state index in [1.54, 1.807) is 0 Å². The molecule has 0 aromatic heterocycles. The highest BCUT2D eigenvalue weighted by Crippen LogP contribution is 1.92. The van der Waals surface area contributed by atoms with Gasteiger partial charge in [-0.1, -0.05) is 0 Å². The SMILES string of the molecule is CC(CCl)OCCOCCCl. The summed E-state index contributed by atoms with van der Waals surface area (Å²) >= 11 is 10.9. The lowest BCUT2D eigenvalue weighted by Gasteiger charge is -2.08. The largest absolute Gasteiger partial charge is 0.378 e. The van der Waals surface area contributed by atoms with Gasteiger partial charge in [-0.3, -0.25) is 0 Å². The molecule has 0 spiro atoms. The molecule has 0 amide bonds. The third-order valence-corrected chi connectivity index (χ3v) is 1.66. The summed E-state index contributed by atoms with van der Waals surface area (Å²) < 4.78 is 10.3. The standard InChI is InChI=1S/C7H14Cl2O2/c1-7(6-9)11-5-4-10-3-2-8/h7H,2-6H2,1H3. The number of rotatable bonds is 7. The number of halogens is 2. The van der Waals surface area contributed by atoms with Gasteiger partial charge in [0, 0.05) is 11.8 Å². The summed E-state index contributed by atoms with van der Waals surface area (Å²) in [5, 5.41) is 0. The first-order chi connectivity index (χ1) is 5.31. The molecule has 0 N–H and O–H groups in total. The molecule has 0 aromatic carbocycles. The highest BCUT2D eigenvalue weighted by Gasteiger charge is 1.97. The van der Waals surface area contributed by atoms with Gasteiger partial charge in [-0.05, 0) is 6.92 Å². The van der Waals surface area contributed by atoms with Gasteiger partial charge in [0.15, 0.2) is 0 Å². The van der Waals surface area contributed by atoms with Crippen molar-refractivity contribution < 1.29 is 9.47 Å². The zero-order valence-corrected chi connectivity index (χ0v) is 8.20. The second-order valence-corrected chi connectivity index (χ2v) is 2.82. The quantitative estimate of drug-likeness (QED) is 0.462. The number of alkyl halides is 2. The van der Waals surface area contributed by atoms with E-state index in [-0.39, 0.29) is 6.10 Å². The van der Waals surface area contributed by atoms with Gasteiger partial charge in [0.1, 0.15) is 0 Å². The Bertz CT molecular complexity index is 80.8. The molecule has 0 aliphatic heterocycles. The van der Waals surface area contributed by atoms with Gasteiger partial charge in [0.2, 0.25) is 0 Å². The van der Waals surface area contributed by atoms with Crippen LogP contribution in [0.4, 0.5) is 0 Å². The first-order valence-corrected chi connectivity index (χ1v) is 4.69. The van der Waals surface area contributed by atoms with E-state index >= 15 is 0 Å². The Morgan fingerprint density at radius 2 is 1.91 bits per heavy atom. The van der Waals surface area contributed by atoms with E-state index in [9.17, 15) is 0 Å². The highest BCUT2D eigenvalue weighted by molar-refractivity contribution is 6.18. The maximum Gasteiger partial charge on any atom is 0.0704 e. The molecule has 0 rings (SSSR count). The second-order valence-electron chi connectivity index (χ2n) is 2.14. The van der Waals surface area contributed by atoms with Crippen molar-refractivity contribution in [2.24, 2.45) is 0 Å². The van der Waals surface area contributed by atoms with Crippen molar-refractivity contribution in [1.29, 1.82) is 0 Å². The van der Waals surface area contributed by atoms with E-state index in [1.807, 2.05) is 6.92 Å². The van der Waals surface area contributed by atoms with Crippen LogP contribution in [0, 0.1) is 0 Å². The average molecular weight is 201 g/mol. The lowest BCUT2D eigenvalue weighted by Crippen LogP contribution is -2.14. The fraction of sp³-hybridized carbons (Fsp3) is 1.00. The number of ether oxygens (including phenoxy) is 2. The summed E-state index contributed by atoms with van der Waals surface area (Å²) in [5.74, 6) is 1.06. The van der Waals surface area contributed by atoms with Crippen molar-refractivity contribution in [1.82, 2.24) is 0 Å². The predicted octanol–water partition coefficient (Wildman–Crippen LogP) is 1.89. The minimum atomic E-state index is 0.108. The van der Waals surface area contributed by atoms with Gasteiger partial charge in [-0.2, -0.15) is 0 Å². The third-order valence-electron chi connectivity index (χ3n) is 1.07. The lowest BCUT2D eigenvalue weighted by atomic mass is 10.5. The normalized spacial score (nSPS) is 13.4. The summed E-state index contributed by atoms with van der Waals surface area (Å²) in [5.41, 5.74) is 0. The molecule has 1 unspecified atom stereocenters. The molecule has 0 aliphatic rings. The molecule has 0 bridgehead atoms. The fourth-order valence-electron chi connectivity index (χ4n) is 0.509.